The van der Waals surface area contributed by atoms with Crippen LogP contribution in [0, 0.1) is 0 Å². The van der Waals surface area contributed by atoms with Gasteiger partial charge in [-0.3, -0.25) is 4.79 Å². The molecular weight excluding hydrogens is 270 g/mol. The molecule has 7 heteroatoms. The van der Waals surface area contributed by atoms with Crippen LogP contribution in [0.4, 0.5) is 4.79 Å². The van der Waals surface area contributed by atoms with Crippen molar-refractivity contribution in [1.82, 2.24) is 0 Å². The van der Waals surface area contributed by atoms with Crippen molar-refractivity contribution < 1.29 is 72.6 Å². The summed E-state index contributed by atoms with van der Waals surface area (Å²) in [7, 11) is 0. The second-order valence-corrected chi connectivity index (χ2v) is 2.79. The van der Waals surface area contributed by atoms with Crippen molar-refractivity contribution in [3.05, 3.63) is 34.9 Å². The standard InChI is InChI=1S/C7H4Cl2O.CH2O3.K.H/c8-6-4-2-1-3-5(6)7(9)10;2-1(3)4;;/h1-4H;(H2,2,3,4);;/q;;+1;-1. The summed E-state index contributed by atoms with van der Waals surface area (Å²) in [5.41, 5.74) is 0.353. The molecule has 2 N–H and O–H groups in total. The zero-order valence-electron chi connectivity index (χ0n) is 8.78. The van der Waals surface area contributed by atoms with Crippen LogP contribution in [-0.2, 0) is 0 Å². The van der Waals surface area contributed by atoms with Gasteiger partial charge in [0, 0.05) is 0 Å². The van der Waals surface area contributed by atoms with Gasteiger partial charge in [-0.05, 0) is 23.7 Å². The maximum absolute atomic E-state index is 10.5. The fourth-order valence-electron chi connectivity index (χ4n) is 0.621. The first-order valence-corrected chi connectivity index (χ1v) is 4.07. The average Bonchev–Trinajstić information content (AvgIpc) is 2.03. The smallest absolute Gasteiger partial charge is 1.00 e. The second-order valence-electron chi connectivity index (χ2n) is 2.04. The molecule has 0 amide bonds. The first-order chi connectivity index (χ1) is 6.45. The fourth-order valence-corrected chi connectivity index (χ4v) is 1.06. The molecule has 0 heterocycles. The van der Waals surface area contributed by atoms with Gasteiger partial charge in [-0.2, -0.15) is 0 Å². The Bertz CT molecular complexity index is 345. The van der Waals surface area contributed by atoms with E-state index in [1.807, 2.05) is 0 Å². The molecule has 1 rings (SSSR count). The van der Waals surface area contributed by atoms with E-state index in [1.165, 1.54) is 0 Å². The third-order valence-corrected chi connectivity index (χ3v) is 1.62. The summed E-state index contributed by atoms with van der Waals surface area (Å²) in [6, 6.07) is 6.65. The van der Waals surface area contributed by atoms with Crippen LogP contribution < -0.4 is 51.4 Å². The van der Waals surface area contributed by atoms with Gasteiger partial charge >= 0.3 is 57.5 Å². The summed E-state index contributed by atoms with van der Waals surface area (Å²) < 4.78 is 0. The van der Waals surface area contributed by atoms with Crippen LogP contribution >= 0.6 is 23.2 Å². The molecule has 0 spiro atoms. The van der Waals surface area contributed by atoms with E-state index in [1.54, 1.807) is 24.3 Å². The fraction of sp³-hybridized carbons (Fsp3) is 0. The van der Waals surface area contributed by atoms with Gasteiger partial charge in [0.25, 0.3) is 5.24 Å². The molecule has 0 radical (unpaired) electrons. The molecule has 15 heavy (non-hydrogen) atoms. The van der Waals surface area contributed by atoms with Gasteiger partial charge in [0.1, 0.15) is 0 Å². The Kier molecular flexibility index (Phi) is 11.4. The monoisotopic (exact) mass is 276 g/mol. The van der Waals surface area contributed by atoms with Crippen molar-refractivity contribution >= 4 is 34.6 Å². The first-order valence-electron chi connectivity index (χ1n) is 3.31. The number of carbonyl (C=O) groups excluding carboxylic acids is 1. The van der Waals surface area contributed by atoms with Crippen molar-refractivity contribution in [3.8, 4) is 0 Å². The van der Waals surface area contributed by atoms with Crippen molar-refractivity contribution in [2.45, 2.75) is 0 Å². The summed E-state index contributed by atoms with van der Waals surface area (Å²) in [5.74, 6) is 0. The Balaban J connectivity index is -0.000000249. The Hall–Kier alpha value is 0.376. The minimum atomic E-state index is -1.83. The van der Waals surface area contributed by atoms with Gasteiger partial charge < -0.3 is 11.6 Å². The summed E-state index contributed by atoms with van der Waals surface area (Å²) >= 11 is 10.8. The average molecular weight is 277 g/mol. The van der Waals surface area contributed by atoms with E-state index in [9.17, 15) is 4.79 Å². The minimum Gasteiger partial charge on any atom is -1.00 e. The Morgan fingerprint density at radius 2 is 1.60 bits per heavy atom. The molecule has 0 aliphatic rings. The molecule has 0 atom stereocenters. The largest absolute Gasteiger partial charge is 1.00 e. The Morgan fingerprint density at radius 3 is 1.87 bits per heavy atom. The number of benzene rings is 1. The van der Waals surface area contributed by atoms with Crippen LogP contribution in [0.15, 0.2) is 24.3 Å². The normalized spacial score (nSPS) is 7.87. The van der Waals surface area contributed by atoms with Crippen molar-refractivity contribution in [3.63, 3.8) is 0 Å². The van der Waals surface area contributed by atoms with Crippen LogP contribution in [0.5, 0.6) is 0 Å². The molecule has 0 saturated heterocycles. The molecule has 0 aliphatic carbocycles. The maximum Gasteiger partial charge on any atom is 1.00 e. The first kappa shape index (κ1) is 17.8. The topological polar surface area (TPSA) is 74.6 Å². The molecule has 1 aromatic carbocycles. The number of carboxylic acid groups (broad SMARTS) is 2. The molecule has 1 aromatic rings. The Labute approximate surface area is 140 Å². The van der Waals surface area contributed by atoms with E-state index in [0.29, 0.717) is 10.6 Å². The third kappa shape index (κ3) is 9.31. The molecule has 0 aliphatic heterocycles. The predicted octanol–water partition coefficient (Wildman–Crippen LogP) is 0.0579. The van der Waals surface area contributed by atoms with Gasteiger partial charge in [0.2, 0.25) is 0 Å². The zero-order chi connectivity index (χ0) is 11.1. The number of hydrogen-bond donors (Lipinski definition) is 2. The predicted molar refractivity (Wildman–Crippen MR) is 53.4 cm³/mol. The van der Waals surface area contributed by atoms with Crippen LogP contribution in [0.3, 0.4) is 0 Å². The summed E-state index contributed by atoms with van der Waals surface area (Å²) in [6.07, 6.45) is -1.83. The van der Waals surface area contributed by atoms with Gasteiger partial charge in [-0.15, -0.1) is 0 Å². The number of halogens is 2. The van der Waals surface area contributed by atoms with E-state index in [0.717, 1.165) is 0 Å². The number of rotatable bonds is 1. The molecular formula is C8H7Cl2KO4. The van der Waals surface area contributed by atoms with Crippen molar-refractivity contribution in [1.29, 1.82) is 0 Å². The number of hydrogen-bond acceptors (Lipinski definition) is 2. The van der Waals surface area contributed by atoms with Gasteiger partial charge in [0.15, 0.2) is 0 Å². The molecule has 0 unspecified atom stereocenters. The van der Waals surface area contributed by atoms with Crippen molar-refractivity contribution in [2.75, 3.05) is 0 Å². The maximum atomic E-state index is 10.5. The third-order valence-electron chi connectivity index (χ3n) is 1.09. The van der Waals surface area contributed by atoms with Gasteiger partial charge in [-0.1, -0.05) is 23.7 Å². The molecule has 4 nitrogen and oxygen atoms in total. The van der Waals surface area contributed by atoms with E-state index < -0.39 is 11.4 Å². The second kappa shape index (κ2) is 9.59. The summed E-state index contributed by atoms with van der Waals surface area (Å²) in [5, 5.41) is 13.8. The summed E-state index contributed by atoms with van der Waals surface area (Å²) in [6.45, 7) is 0. The van der Waals surface area contributed by atoms with Crippen molar-refractivity contribution in [2.24, 2.45) is 0 Å². The summed E-state index contributed by atoms with van der Waals surface area (Å²) in [4.78, 5) is 19.1. The van der Waals surface area contributed by atoms with E-state index in [4.69, 9.17) is 38.2 Å². The zero-order valence-corrected chi connectivity index (χ0v) is 12.4. The molecule has 0 saturated carbocycles. The van der Waals surface area contributed by atoms with Gasteiger partial charge in [0.05, 0.1) is 10.6 Å². The Morgan fingerprint density at radius 1 is 1.20 bits per heavy atom. The number of carbonyl (C=O) groups is 2. The SMILES string of the molecule is O=C(Cl)c1ccccc1Cl.O=C(O)O.[H-].[K+]. The van der Waals surface area contributed by atoms with Gasteiger partial charge in [-0.25, -0.2) is 4.79 Å². The molecule has 78 valence electrons. The molecule has 0 fully saturated rings. The van der Waals surface area contributed by atoms with Crippen LogP contribution in [0.25, 0.3) is 0 Å². The van der Waals surface area contributed by atoms with Crippen LogP contribution in [-0.4, -0.2) is 21.6 Å². The van der Waals surface area contributed by atoms with Crippen LogP contribution in [0.1, 0.15) is 11.8 Å². The van der Waals surface area contributed by atoms with E-state index in [-0.39, 0.29) is 52.8 Å². The minimum absolute atomic E-state index is 0. The van der Waals surface area contributed by atoms with Crippen LogP contribution in [0.2, 0.25) is 5.02 Å². The van der Waals surface area contributed by atoms with E-state index >= 15 is 0 Å². The molecule has 0 bridgehead atoms. The molecule has 0 aromatic heterocycles. The van der Waals surface area contributed by atoms with E-state index in [2.05, 4.69) is 0 Å². The quantitative estimate of drug-likeness (QED) is 0.562.